The number of methoxy groups -OCH3 is 1. The van der Waals surface area contributed by atoms with Gasteiger partial charge in [-0.1, -0.05) is 6.07 Å². The number of carbonyl (C=O) groups excluding carboxylic acids is 1. The Hall–Kier alpha value is -2.00. The van der Waals surface area contributed by atoms with Crippen molar-refractivity contribution in [2.75, 3.05) is 13.7 Å². The number of hydrogen-bond donors (Lipinski definition) is 2. The van der Waals surface area contributed by atoms with Crippen molar-refractivity contribution < 1.29 is 32.2 Å². The second kappa shape index (κ2) is 6.44. The molecule has 0 saturated carbocycles. The molecular formula is C11H12FNO6S. The minimum absolute atomic E-state index is 0.380. The molecule has 1 rings (SSSR count). The highest BCUT2D eigenvalue weighted by molar-refractivity contribution is 7.89. The molecule has 0 aromatic heterocycles. The lowest BCUT2D eigenvalue weighted by Crippen LogP contribution is -2.28. The number of esters is 1. The number of carboxylic acids is 1. The van der Waals surface area contributed by atoms with Crippen LogP contribution >= 0.6 is 0 Å². The van der Waals surface area contributed by atoms with Gasteiger partial charge in [0, 0.05) is 6.54 Å². The zero-order valence-electron chi connectivity index (χ0n) is 10.4. The normalized spacial score (nSPS) is 11.1. The van der Waals surface area contributed by atoms with Crippen molar-refractivity contribution in [1.29, 1.82) is 0 Å². The van der Waals surface area contributed by atoms with Crippen LogP contribution in [-0.4, -0.2) is 39.1 Å². The average Bonchev–Trinajstić information content (AvgIpc) is 2.36. The van der Waals surface area contributed by atoms with E-state index < -0.39 is 44.7 Å². The predicted octanol–water partition coefficient (Wildman–Crippen LogP) is 0.365. The maximum absolute atomic E-state index is 13.6. The Labute approximate surface area is 114 Å². The first-order chi connectivity index (χ1) is 9.29. The van der Waals surface area contributed by atoms with Crippen molar-refractivity contribution in [3.05, 3.63) is 29.6 Å². The largest absolute Gasteiger partial charge is 0.481 e. The number of carbonyl (C=O) groups is 2. The summed E-state index contributed by atoms with van der Waals surface area (Å²) in [6.07, 6.45) is -0.442. The third-order valence-corrected chi connectivity index (χ3v) is 3.79. The van der Waals surface area contributed by atoms with E-state index in [9.17, 15) is 22.4 Å². The van der Waals surface area contributed by atoms with Crippen LogP contribution in [-0.2, 0) is 19.6 Å². The summed E-state index contributed by atoms with van der Waals surface area (Å²) in [6.45, 7) is -0.380. The Balaban J connectivity index is 3.15. The van der Waals surface area contributed by atoms with Crippen LogP contribution in [0.1, 0.15) is 16.8 Å². The lowest BCUT2D eigenvalue weighted by Gasteiger charge is -2.10. The highest BCUT2D eigenvalue weighted by atomic mass is 32.2. The first-order valence-corrected chi connectivity index (χ1v) is 6.86. The van der Waals surface area contributed by atoms with Crippen molar-refractivity contribution in [2.45, 2.75) is 11.3 Å². The van der Waals surface area contributed by atoms with Gasteiger partial charge in [0.15, 0.2) is 0 Å². The molecule has 0 spiro atoms. The quantitative estimate of drug-likeness (QED) is 0.735. The van der Waals surface area contributed by atoms with E-state index in [-0.39, 0.29) is 6.54 Å². The number of ether oxygens (including phenoxy) is 1. The number of nitrogens with one attached hydrogen (secondary N) is 1. The Kier molecular flexibility index (Phi) is 5.17. The molecule has 0 bridgehead atoms. The van der Waals surface area contributed by atoms with Crippen molar-refractivity contribution in [1.82, 2.24) is 4.72 Å². The summed E-state index contributed by atoms with van der Waals surface area (Å²) in [7, 11) is -3.23. The molecule has 0 fully saturated rings. The minimum atomic E-state index is -4.22. The Morgan fingerprint density at radius 2 is 2.05 bits per heavy atom. The third-order valence-electron chi connectivity index (χ3n) is 2.29. The third kappa shape index (κ3) is 3.75. The number of rotatable bonds is 6. The summed E-state index contributed by atoms with van der Waals surface area (Å²) >= 11 is 0. The van der Waals surface area contributed by atoms with Crippen LogP contribution in [0.4, 0.5) is 4.39 Å². The summed E-state index contributed by atoms with van der Waals surface area (Å²) in [5.41, 5.74) is -0.724. The van der Waals surface area contributed by atoms with E-state index in [4.69, 9.17) is 5.11 Å². The monoisotopic (exact) mass is 305 g/mol. The average molecular weight is 305 g/mol. The van der Waals surface area contributed by atoms with Gasteiger partial charge >= 0.3 is 11.9 Å². The summed E-state index contributed by atoms with van der Waals surface area (Å²) in [6, 6.07) is 3.06. The van der Waals surface area contributed by atoms with Crippen LogP contribution in [0.2, 0.25) is 0 Å². The molecule has 1 aromatic carbocycles. The Morgan fingerprint density at radius 1 is 1.40 bits per heavy atom. The van der Waals surface area contributed by atoms with Gasteiger partial charge < -0.3 is 9.84 Å². The van der Waals surface area contributed by atoms with Gasteiger partial charge in [0.05, 0.1) is 18.4 Å². The maximum atomic E-state index is 13.6. The predicted molar refractivity (Wildman–Crippen MR) is 65.2 cm³/mol. The summed E-state index contributed by atoms with van der Waals surface area (Å²) < 4.78 is 43.7. The molecule has 0 atom stereocenters. The summed E-state index contributed by atoms with van der Waals surface area (Å²) in [4.78, 5) is 21.2. The van der Waals surface area contributed by atoms with Gasteiger partial charge in [-0.05, 0) is 12.1 Å². The molecule has 7 nitrogen and oxygen atoms in total. The van der Waals surface area contributed by atoms with Gasteiger partial charge in [0.1, 0.15) is 11.4 Å². The van der Waals surface area contributed by atoms with E-state index in [0.29, 0.717) is 0 Å². The van der Waals surface area contributed by atoms with Gasteiger partial charge in [-0.25, -0.2) is 22.3 Å². The lowest BCUT2D eigenvalue weighted by molar-refractivity contribution is -0.136. The van der Waals surface area contributed by atoms with Crippen LogP contribution in [0.25, 0.3) is 0 Å². The molecule has 0 aliphatic rings. The van der Waals surface area contributed by atoms with Crippen molar-refractivity contribution in [2.24, 2.45) is 0 Å². The van der Waals surface area contributed by atoms with Gasteiger partial charge in [0.2, 0.25) is 10.0 Å². The van der Waals surface area contributed by atoms with Crippen LogP contribution in [0, 0.1) is 5.82 Å². The van der Waals surface area contributed by atoms with Crippen molar-refractivity contribution >= 4 is 22.0 Å². The van der Waals surface area contributed by atoms with Gasteiger partial charge in [-0.3, -0.25) is 4.79 Å². The van der Waals surface area contributed by atoms with Gasteiger partial charge in [0.25, 0.3) is 0 Å². The highest BCUT2D eigenvalue weighted by Crippen LogP contribution is 2.19. The maximum Gasteiger partial charge on any atom is 0.342 e. The molecule has 2 N–H and O–H groups in total. The molecule has 0 aliphatic heterocycles. The minimum Gasteiger partial charge on any atom is -0.481 e. The molecule has 9 heteroatoms. The van der Waals surface area contributed by atoms with E-state index in [1.807, 2.05) is 4.72 Å². The highest BCUT2D eigenvalue weighted by Gasteiger charge is 2.26. The van der Waals surface area contributed by atoms with Crippen LogP contribution < -0.4 is 4.72 Å². The van der Waals surface area contributed by atoms with Crippen molar-refractivity contribution in [3.63, 3.8) is 0 Å². The summed E-state index contributed by atoms with van der Waals surface area (Å²) in [5.74, 6) is -3.38. The fraction of sp³-hybridized carbons (Fsp3) is 0.273. The molecule has 0 unspecified atom stereocenters. The Bertz CT molecular complexity index is 628. The fourth-order valence-electron chi connectivity index (χ4n) is 1.40. The van der Waals surface area contributed by atoms with E-state index in [2.05, 4.69) is 4.74 Å². The molecule has 0 aliphatic carbocycles. The van der Waals surface area contributed by atoms with Crippen LogP contribution in [0.15, 0.2) is 23.1 Å². The molecule has 110 valence electrons. The number of carboxylic acid groups (broad SMARTS) is 1. The van der Waals surface area contributed by atoms with E-state index in [0.717, 1.165) is 25.3 Å². The van der Waals surface area contributed by atoms with Crippen LogP contribution in [0.3, 0.4) is 0 Å². The standard InChI is InChI=1S/C11H12FNO6S/c1-19-11(16)10-7(12)3-2-4-8(10)20(17,18)13-6-5-9(14)15/h2-4,13H,5-6H2,1H3,(H,14,15). The van der Waals surface area contributed by atoms with Crippen molar-refractivity contribution in [3.8, 4) is 0 Å². The molecule has 1 aromatic rings. The number of benzene rings is 1. The van der Waals surface area contributed by atoms with Gasteiger partial charge in [-0.2, -0.15) is 0 Å². The van der Waals surface area contributed by atoms with Gasteiger partial charge in [-0.15, -0.1) is 0 Å². The molecule has 0 saturated heterocycles. The topological polar surface area (TPSA) is 110 Å². The van der Waals surface area contributed by atoms with E-state index in [1.54, 1.807) is 0 Å². The number of halogens is 1. The molecule has 0 radical (unpaired) electrons. The second-order valence-electron chi connectivity index (χ2n) is 3.65. The summed E-state index contributed by atoms with van der Waals surface area (Å²) in [5, 5.41) is 8.44. The number of aliphatic carboxylic acids is 1. The number of sulfonamides is 1. The fourth-order valence-corrected chi connectivity index (χ4v) is 2.63. The zero-order chi connectivity index (χ0) is 15.3. The first kappa shape index (κ1) is 16.1. The van der Waals surface area contributed by atoms with E-state index in [1.165, 1.54) is 0 Å². The van der Waals surface area contributed by atoms with E-state index >= 15 is 0 Å². The second-order valence-corrected chi connectivity index (χ2v) is 5.38. The zero-order valence-corrected chi connectivity index (χ0v) is 11.2. The molecule has 0 heterocycles. The first-order valence-electron chi connectivity index (χ1n) is 5.38. The molecule has 0 amide bonds. The molecular weight excluding hydrogens is 293 g/mol. The molecule has 20 heavy (non-hydrogen) atoms. The lowest BCUT2D eigenvalue weighted by atomic mass is 10.2. The SMILES string of the molecule is COC(=O)c1c(F)cccc1S(=O)(=O)NCCC(=O)O. The van der Waals surface area contributed by atoms with Crippen LogP contribution in [0.5, 0.6) is 0 Å². The smallest absolute Gasteiger partial charge is 0.342 e. The Morgan fingerprint density at radius 3 is 2.60 bits per heavy atom. The number of hydrogen-bond acceptors (Lipinski definition) is 5.